The second-order valence-electron chi connectivity index (χ2n) is 13.7. The Bertz CT molecular complexity index is 2600. The first-order chi connectivity index (χ1) is 27.7. The van der Waals surface area contributed by atoms with Crippen LogP contribution < -0.4 is 21.9 Å². The molecule has 10 rings (SSSR count). The quantitative estimate of drug-likeness (QED) is 0.206. The van der Waals surface area contributed by atoms with E-state index in [0.29, 0.717) is 44.8 Å². The first-order valence-corrected chi connectivity index (χ1v) is 18.5. The first kappa shape index (κ1) is 33.1. The Balaban J connectivity index is 1.31. The third-order valence-corrected chi connectivity index (χ3v) is 10.4. The molecule has 4 heterocycles. The van der Waals surface area contributed by atoms with Gasteiger partial charge in [-0.15, -0.1) is 0 Å². The highest BCUT2D eigenvalue weighted by Crippen LogP contribution is 2.47. The van der Waals surface area contributed by atoms with E-state index in [2.05, 4.69) is 0 Å². The number of aromatic nitrogens is 4. The van der Waals surface area contributed by atoms with E-state index in [4.69, 9.17) is 19.9 Å². The number of hydrogen-bond acceptors (Lipinski definition) is 6. The van der Waals surface area contributed by atoms with E-state index < -0.39 is 13.7 Å². The predicted molar refractivity (Wildman–Crippen MR) is 222 cm³/mol. The lowest BCUT2D eigenvalue weighted by Crippen LogP contribution is -2.58. The molecule has 0 saturated carbocycles. The predicted octanol–water partition coefficient (Wildman–Crippen LogP) is 4.99. The molecule has 8 aromatic rings. The van der Waals surface area contributed by atoms with Crippen molar-refractivity contribution in [1.82, 2.24) is 29.6 Å². The standard InChI is InChI=1S/C46H30B2N6O2/c55-45-42-41(43(39-29-49-35-25-13-15-27-37(35)51-39)53(45)47(31-17-5-1-6-18-31)32-19-7-2-8-20-32)46(56)54(44(42)40-30-50-36-26-14-16-28-38(36)52-40)48(33-21-9-3-10-22-33)34-23-11-4-12-24-34/h1-30H. The third kappa shape index (κ3) is 5.50. The molecule has 0 bridgehead atoms. The molecule has 0 unspecified atom stereocenters. The molecule has 262 valence electrons. The second kappa shape index (κ2) is 13.8. The molecular formula is C46H30B2N6O2. The molecule has 0 aliphatic carbocycles. The molecule has 8 nitrogen and oxygen atoms in total. The van der Waals surface area contributed by atoms with Crippen molar-refractivity contribution in [2.24, 2.45) is 0 Å². The van der Waals surface area contributed by atoms with E-state index in [9.17, 15) is 0 Å². The fraction of sp³-hybridized carbons (Fsp3) is 0. The minimum Gasteiger partial charge on any atom is -0.341 e. The van der Waals surface area contributed by atoms with Crippen LogP contribution in [0.3, 0.4) is 0 Å². The van der Waals surface area contributed by atoms with Crippen LogP contribution in [-0.2, 0) is 9.59 Å². The third-order valence-electron chi connectivity index (χ3n) is 10.4. The van der Waals surface area contributed by atoms with Gasteiger partial charge in [-0.1, -0.05) is 167 Å². The van der Waals surface area contributed by atoms with E-state index in [1.165, 1.54) is 0 Å². The summed E-state index contributed by atoms with van der Waals surface area (Å²) in [4.78, 5) is 54.9. The van der Waals surface area contributed by atoms with Crippen molar-refractivity contribution < 1.29 is 9.59 Å². The van der Waals surface area contributed by atoms with E-state index in [1.807, 2.05) is 170 Å². The number of amides is 2. The lowest BCUT2D eigenvalue weighted by molar-refractivity contribution is -0.121. The van der Waals surface area contributed by atoms with Crippen molar-refractivity contribution in [3.63, 3.8) is 0 Å². The van der Waals surface area contributed by atoms with Gasteiger partial charge in [-0.05, 0) is 24.3 Å². The van der Waals surface area contributed by atoms with Crippen LogP contribution in [0.5, 0.6) is 0 Å². The summed E-state index contributed by atoms with van der Waals surface area (Å²) in [6, 6.07) is 54.7. The van der Waals surface area contributed by atoms with Gasteiger partial charge in [-0.2, -0.15) is 0 Å². The number of rotatable bonds is 8. The molecule has 0 radical (unpaired) electrons. The van der Waals surface area contributed by atoms with Crippen molar-refractivity contribution in [2.75, 3.05) is 0 Å². The molecule has 2 aliphatic heterocycles. The summed E-state index contributed by atoms with van der Waals surface area (Å²) in [7, 11) is 0. The molecule has 2 aliphatic rings. The summed E-state index contributed by atoms with van der Waals surface area (Å²) in [5.41, 5.74) is 8.31. The average molecular weight is 720 g/mol. The average Bonchev–Trinajstić information content (AvgIpc) is 3.72. The largest absolute Gasteiger partial charge is 0.341 e. The Labute approximate surface area is 323 Å². The van der Waals surface area contributed by atoms with Crippen LogP contribution in [0.2, 0.25) is 0 Å². The maximum atomic E-state index is 15.8. The number of carbonyl (C=O) groups is 2. The summed E-state index contributed by atoms with van der Waals surface area (Å²) >= 11 is 0. The van der Waals surface area contributed by atoms with Gasteiger partial charge in [0.1, 0.15) is 11.4 Å². The van der Waals surface area contributed by atoms with Crippen LogP contribution in [-0.4, -0.2) is 55.1 Å². The van der Waals surface area contributed by atoms with Crippen molar-refractivity contribution in [3.05, 3.63) is 205 Å². The van der Waals surface area contributed by atoms with Crippen LogP contribution in [0.15, 0.2) is 193 Å². The Morgan fingerprint density at radius 3 is 0.964 bits per heavy atom. The van der Waals surface area contributed by atoms with Gasteiger partial charge in [0.25, 0.3) is 0 Å². The molecule has 0 atom stereocenters. The minimum absolute atomic E-state index is 0.248. The van der Waals surface area contributed by atoms with Crippen molar-refractivity contribution in [2.45, 2.75) is 0 Å². The van der Waals surface area contributed by atoms with Crippen LogP contribution in [0.4, 0.5) is 0 Å². The van der Waals surface area contributed by atoms with Gasteiger partial charge in [0.2, 0.25) is 11.8 Å². The number of para-hydroxylation sites is 4. The molecule has 0 spiro atoms. The monoisotopic (exact) mass is 720 g/mol. The lowest BCUT2D eigenvalue weighted by Gasteiger charge is -2.32. The number of benzene rings is 6. The van der Waals surface area contributed by atoms with Crippen LogP contribution in [0.1, 0.15) is 11.4 Å². The van der Waals surface area contributed by atoms with E-state index in [-0.39, 0.29) is 23.0 Å². The molecular weight excluding hydrogens is 690 g/mol. The molecule has 0 N–H and O–H groups in total. The molecule has 0 saturated heterocycles. The maximum absolute atomic E-state index is 15.8. The molecule has 6 aromatic carbocycles. The van der Waals surface area contributed by atoms with Crippen LogP contribution in [0.25, 0.3) is 33.5 Å². The highest BCUT2D eigenvalue weighted by Gasteiger charge is 2.54. The summed E-state index contributed by atoms with van der Waals surface area (Å²) in [5, 5.41) is 0. The van der Waals surface area contributed by atoms with Gasteiger partial charge < -0.3 is 9.62 Å². The van der Waals surface area contributed by atoms with Gasteiger partial charge in [0.05, 0.1) is 57.0 Å². The Morgan fingerprint density at radius 2 is 0.643 bits per heavy atom. The van der Waals surface area contributed by atoms with Crippen LogP contribution >= 0.6 is 0 Å². The van der Waals surface area contributed by atoms with E-state index >= 15 is 9.59 Å². The number of hydrogen-bond donors (Lipinski definition) is 0. The highest BCUT2D eigenvalue weighted by atomic mass is 16.2. The second-order valence-corrected chi connectivity index (χ2v) is 13.7. The fourth-order valence-corrected chi connectivity index (χ4v) is 8.00. The number of fused-ring (bicyclic) bond motifs is 3. The zero-order valence-corrected chi connectivity index (χ0v) is 30.0. The molecule has 0 fully saturated rings. The molecule has 2 aromatic heterocycles. The molecule has 56 heavy (non-hydrogen) atoms. The summed E-state index contributed by atoms with van der Waals surface area (Å²) < 4.78 is 0. The number of carbonyl (C=O) groups excluding carboxylic acids is 2. The first-order valence-electron chi connectivity index (χ1n) is 18.5. The van der Waals surface area contributed by atoms with Gasteiger partial charge >= 0.3 is 13.7 Å². The Morgan fingerprint density at radius 1 is 0.357 bits per heavy atom. The van der Waals surface area contributed by atoms with Gasteiger partial charge in [-0.3, -0.25) is 19.6 Å². The topological polar surface area (TPSA) is 92.2 Å². The van der Waals surface area contributed by atoms with E-state index in [0.717, 1.165) is 21.9 Å². The summed E-state index contributed by atoms with van der Waals surface area (Å²) in [5.74, 6) is -0.688. The zero-order chi connectivity index (χ0) is 37.6. The fourth-order valence-electron chi connectivity index (χ4n) is 8.00. The van der Waals surface area contributed by atoms with Crippen molar-refractivity contribution in [1.29, 1.82) is 0 Å². The summed E-state index contributed by atoms with van der Waals surface area (Å²) in [6.07, 6.45) is 3.33. The Hall–Kier alpha value is -7.45. The van der Waals surface area contributed by atoms with Crippen molar-refractivity contribution in [3.8, 4) is 0 Å². The lowest BCUT2D eigenvalue weighted by atomic mass is 9.48. The van der Waals surface area contributed by atoms with E-state index in [1.54, 1.807) is 22.0 Å². The van der Waals surface area contributed by atoms with Crippen LogP contribution in [0, 0.1) is 0 Å². The normalized spacial score (nSPS) is 13.9. The minimum atomic E-state index is -0.608. The van der Waals surface area contributed by atoms with Gasteiger partial charge in [-0.25, -0.2) is 9.97 Å². The number of nitrogens with zero attached hydrogens (tertiary/aromatic N) is 6. The smallest absolute Gasteiger partial charge is 0.331 e. The highest BCUT2D eigenvalue weighted by molar-refractivity contribution is 6.88. The Kier molecular flexibility index (Phi) is 8.14. The van der Waals surface area contributed by atoms with Gasteiger partial charge in [0, 0.05) is 0 Å². The SMILES string of the molecule is O=C1C2=C(c3cnc4ccccc4n3)N(B(c3ccccc3)c3ccccc3)C(=O)C2=C(c2cnc3ccccc3n2)N1B(c1ccccc1)c1ccccc1. The summed E-state index contributed by atoms with van der Waals surface area (Å²) in [6.45, 7) is -1.22. The van der Waals surface area contributed by atoms with Gasteiger partial charge in [0.15, 0.2) is 0 Å². The van der Waals surface area contributed by atoms with Crippen molar-refractivity contribution >= 4 is 80.8 Å². The molecule has 10 heteroatoms. The molecule has 2 amide bonds. The zero-order valence-electron chi connectivity index (χ0n) is 30.0. The maximum Gasteiger partial charge on any atom is 0.331 e.